The first kappa shape index (κ1) is 28.6. The lowest BCUT2D eigenvalue weighted by Crippen LogP contribution is -2.44. The lowest BCUT2D eigenvalue weighted by Gasteiger charge is -2.29. The number of phenols is 1. The Morgan fingerprint density at radius 1 is 1.14 bits per heavy atom. The van der Waals surface area contributed by atoms with Gasteiger partial charge in [0.25, 0.3) is 5.88 Å². The second kappa shape index (κ2) is 11.5. The number of aliphatic imine (C=N–C) groups is 1. The van der Waals surface area contributed by atoms with Crippen LogP contribution in [0.15, 0.2) is 47.6 Å². The van der Waals surface area contributed by atoms with E-state index in [2.05, 4.69) is 15.3 Å². The summed E-state index contributed by atoms with van der Waals surface area (Å²) < 4.78 is 46.8. The zero-order valence-corrected chi connectivity index (χ0v) is 23.0. The molecule has 1 aliphatic heterocycles. The van der Waals surface area contributed by atoms with Crippen molar-refractivity contribution >= 4 is 23.3 Å². The Kier molecular flexibility index (Phi) is 7.83. The normalized spacial score (nSPS) is 15.7. The van der Waals surface area contributed by atoms with E-state index in [1.165, 1.54) is 31.4 Å². The van der Waals surface area contributed by atoms with Crippen molar-refractivity contribution in [1.29, 1.82) is 5.41 Å². The predicted molar refractivity (Wildman–Crippen MR) is 151 cm³/mol. The number of pyridine rings is 1. The second-order valence-electron chi connectivity index (χ2n) is 10.1. The van der Waals surface area contributed by atoms with Gasteiger partial charge in [-0.1, -0.05) is 12.8 Å². The maximum Gasteiger partial charge on any atom is 0.331 e. The summed E-state index contributed by atoms with van der Waals surface area (Å²) in [6.07, 6.45) is 3.68. The van der Waals surface area contributed by atoms with Crippen LogP contribution in [0.5, 0.6) is 28.9 Å². The number of likely N-dealkylation sites (N-methyl/N-ethyl adjacent to an activating group) is 1. The standard InChI is InChI=1S/C29H30F2N6O5/c1-37-12-11-34-26(37)18-14-17(36-29(28(39)40-2)9-3-4-10-29)6-8-21(18)41-24-19(30)15-35-27(23(24)31)42-22-13-16(25(32)33)5-7-20(22)38/h5-8,13-15,36,38H,3-4,9-12H2,1-2H3,(H3,32,33). The Hall–Kier alpha value is -4.94. The highest BCUT2D eigenvalue weighted by molar-refractivity contribution is 6.03. The number of nitrogens with one attached hydrogen (secondary N) is 2. The summed E-state index contributed by atoms with van der Waals surface area (Å²) in [7, 11) is 3.19. The summed E-state index contributed by atoms with van der Waals surface area (Å²) in [6.45, 7) is 1.16. The van der Waals surface area contributed by atoms with E-state index in [9.17, 15) is 14.3 Å². The van der Waals surface area contributed by atoms with Gasteiger partial charge < -0.3 is 35.3 Å². The van der Waals surface area contributed by atoms with Crippen LogP contribution in [0.4, 0.5) is 14.5 Å². The van der Waals surface area contributed by atoms with Crippen molar-refractivity contribution in [2.24, 2.45) is 10.7 Å². The van der Waals surface area contributed by atoms with Gasteiger partial charge in [-0.15, -0.1) is 0 Å². The third-order valence-corrected chi connectivity index (χ3v) is 7.28. The zero-order chi connectivity index (χ0) is 30.0. The van der Waals surface area contributed by atoms with Gasteiger partial charge in [0.05, 0.1) is 25.4 Å². The maximum absolute atomic E-state index is 15.6. The van der Waals surface area contributed by atoms with E-state index in [-0.39, 0.29) is 34.6 Å². The molecule has 1 aromatic heterocycles. The van der Waals surface area contributed by atoms with Gasteiger partial charge in [0.15, 0.2) is 17.3 Å². The molecule has 220 valence electrons. The van der Waals surface area contributed by atoms with E-state index >= 15 is 4.39 Å². The first-order valence-electron chi connectivity index (χ1n) is 13.3. The van der Waals surface area contributed by atoms with Crippen molar-refractivity contribution < 1.29 is 32.9 Å². The summed E-state index contributed by atoms with van der Waals surface area (Å²) in [5.74, 6) is -4.42. The number of nitrogens with zero attached hydrogens (tertiary/aromatic N) is 3. The fourth-order valence-electron chi connectivity index (χ4n) is 5.10. The molecule has 0 spiro atoms. The molecule has 1 saturated carbocycles. The lowest BCUT2D eigenvalue weighted by atomic mass is 9.97. The molecule has 5 N–H and O–H groups in total. The minimum absolute atomic E-state index is 0.1000. The van der Waals surface area contributed by atoms with Gasteiger partial charge in [0, 0.05) is 24.8 Å². The number of esters is 1. The van der Waals surface area contributed by atoms with E-state index in [0.29, 0.717) is 43.0 Å². The largest absolute Gasteiger partial charge is 0.504 e. The Labute approximate surface area is 240 Å². The van der Waals surface area contributed by atoms with Crippen LogP contribution in [0.1, 0.15) is 36.8 Å². The number of carbonyl (C=O) groups excluding carboxylic acids is 1. The molecule has 2 heterocycles. The van der Waals surface area contributed by atoms with Crippen molar-refractivity contribution in [3.63, 3.8) is 0 Å². The number of rotatable bonds is 9. The van der Waals surface area contributed by atoms with Crippen LogP contribution in [0.3, 0.4) is 0 Å². The molecule has 2 aliphatic rings. The Bertz CT molecular complexity index is 1570. The molecule has 11 nitrogen and oxygen atoms in total. The highest BCUT2D eigenvalue weighted by atomic mass is 19.1. The monoisotopic (exact) mass is 580 g/mol. The average Bonchev–Trinajstić information content (AvgIpc) is 3.63. The molecule has 42 heavy (non-hydrogen) atoms. The first-order valence-corrected chi connectivity index (χ1v) is 13.3. The summed E-state index contributed by atoms with van der Waals surface area (Å²) in [5, 5.41) is 21.1. The maximum atomic E-state index is 15.6. The first-order chi connectivity index (χ1) is 20.1. The van der Waals surface area contributed by atoms with Crippen LogP contribution < -0.4 is 20.5 Å². The number of phenolic OH excluding ortho intramolecular Hbond substituents is 1. The van der Waals surface area contributed by atoms with Crippen LogP contribution in [0.25, 0.3) is 0 Å². The number of ether oxygens (including phenoxy) is 3. The van der Waals surface area contributed by atoms with Crippen molar-refractivity contribution in [3.8, 4) is 28.9 Å². The molecule has 3 aromatic rings. The SMILES string of the molecule is COC(=O)C1(Nc2ccc(Oc3c(F)cnc(Oc4cc(C(=N)N)ccc4O)c3F)c(C3=NCCN3C)c2)CCCC1. The topological polar surface area (TPSA) is 155 Å². The molecule has 13 heteroatoms. The number of methoxy groups -OCH3 is 1. The highest BCUT2D eigenvalue weighted by Crippen LogP contribution is 2.40. The van der Waals surface area contributed by atoms with Gasteiger partial charge in [-0.2, -0.15) is 4.39 Å². The quantitative estimate of drug-likeness (QED) is 0.162. The summed E-state index contributed by atoms with van der Waals surface area (Å²) in [6, 6.07) is 8.74. The number of aromatic nitrogens is 1. The van der Waals surface area contributed by atoms with Crippen molar-refractivity contribution in [1.82, 2.24) is 9.88 Å². The van der Waals surface area contributed by atoms with Crippen molar-refractivity contribution in [3.05, 3.63) is 65.4 Å². The molecule has 0 bridgehead atoms. The van der Waals surface area contributed by atoms with Crippen LogP contribution in [-0.4, -0.2) is 65.4 Å². The summed E-state index contributed by atoms with van der Waals surface area (Å²) in [5.41, 5.74) is 5.87. The number of benzene rings is 2. The number of hydrogen-bond acceptors (Lipinski definition) is 10. The van der Waals surface area contributed by atoms with Gasteiger partial charge in [-0.3, -0.25) is 10.4 Å². The van der Waals surface area contributed by atoms with E-state index < -0.39 is 28.8 Å². The van der Waals surface area contributed by atoms with Crippen LogP contribution in [-0.2, 0) is 9.53 Å². The third kappa shape index (κ3) is 5.49. The average molecular weight is 581 g/mol. The molecule has 0 unspecified atom stereocenters. The van der Waals surface area contributed by atoms with Crippen LogP contribution in [0.2, 0.25) is 0 Å². The number of carbonyl (C=O) groups is 1. The molecule has 0 amide bonds. The van der Waals surface area contributed by atoms with E-state index in [4.69, 9.17) is 25.4 Å². The number of amidine groups is 2. The Balaban J connectivity index is 1.50. The highest BCUT2D eigenvalue weighted by Gasteiger charge is 2.42. The number of anilines is 1. The number of nitrogens with two attached hydrogens (primary N) is 1. The minimum atomic E-state index is -1.26. The number of aromatic hydroxyl groups is 1. The Morgan fingerprint density at radius 2 is 1.90 bits per heavy atom. The number of nitrogen functional groups attached to an aromatic ring is 1. The van der Waals surface area contributed by atoms with Gasteiger partial charge in [0.2, 0.25) is 11.6 Å². The smallest absolute Gasteiger partial charge is 0.331 e. The number of hydrogen-bond donors (Lipinski definition) is 4. The molecule has 0 atom stereocenters. The molecular formula is C29H30F2N6O5. The fraction of sp³-hybridized carbons (Fsp3) is 0.310. The molecule has 0 radical (unpaired) electrons. The zero-order valence-electron chi connectivity index (χ0n) is 23.0. The van der Waals surface area contributed by atoms with E-state index in [1.54, 1.807) is 12.1 Å². The molecule has 1 aliphatic carbocycles. The van der Waals surface area contributed by atoms with Crippen molar-refractivity contribution in [2.45, 2.75) is 31.2 Å². The van der Waals surface area contributed by atoms with Crippen molar-refractivity contribution in [2.75, 3.05) is 32.6 Å². The summed E-state index contributed by atoms with van der Waals surface area (Å²) >= 11 is 0. The predicted octanol–water partition coefficient (Wildman–Crippen LogP) is 4.52. The molecule has 2 aromatic carbocycles. The van der Waals surface area contributed by atoms with Crippen LogP contribution >= 0.6 is 0 Å². The van der Waals surface area contributed by atoms with Gasteiger partial charge in [0.1, 0.15) is 23.0 Å². The van der Waals surface area contributed by atoms with Gasteiger partial charge in [-0.05, 0) is 49.2 Å². The van der Waals surface area contributed by atoms with E-state index in [1.807, 2.05) is 11.9 Å². The third-order valence-electron chi connectivity index (χ3n) is 7.28. The number of halogens is 2. The molecular weight excluding hydrogens is 550 g/mol. The molecule has 1 fully saturated rings. The van der Waals surface area contributed by atoms with E-state index in [0.717, 1.165) is 19.0 Å². The lowest BCUT2D eigenvalue weighted by molar-refractivity contribution is -0.145. The summed E-state index contributed by atoms with van der Waals surface area (Å²) in [4.78, 5) is 22.8. The molecule has 0 saturated heterocycles. The van der Waals surface area contributed by atoms with Crippen LogP contribution in [0, 0.1) is 17.0 Å². The van der Waals surface area contributed by atoms with Gasteiger partial charge in [-0.25, -0.2) is 14.2 Å². The minimum Gasteiger partial charge on any atom is -0.504 e. The Morgan fingerprint density at radius 3 is 2.57 bits per heavy atom. The van der Waals surface area contributed by atoms with Gasteiger partial charge >= 0.3 is 5.97 Å². The fourth-order valence-corrected chi connectivity index (χ4v) is 5.10. The molecule has 5 rings (SSSR count). The second-order valence-corrected chi connectivity index (χ2v) is 10.1.